The zero-order chi connectivity index (χ0) is 20.9. The molecule has 1 heterocycles. The van der Waals surface area contributed by atoms with Gasteiger partial charge in [0.05, 0.1) is 0 Å². The highest BCUT2D eigenvalue weighted by atomic mass is 35.5. The van der Waals surface area contributed by atoms with Crippen molar-refractivity contribution in [2.45, 2.75) is 38.6 Å². The van der Waals surface area contributed by atoms with Crippen molar-refractivity contribution in [3.63, 3.8) is 0 Å². The van der Waals surface area contributed by atoms with E-state index in [0.29, 0.717) is 24.2 Å². The summed E-state index contributed by atoms with van der Waals surface area (Å²) in [5.74, 6) is 1.10. The SMILES string of the molecule is CCCC(=O)N1CC(CNC(C)c2cccc3ccccc23)C(c2ccccc2)C1.Cl. The summed E-state index contributed by atoms with van der Waals surface area (Å²) in [7, 11) is 0. The Hall–Kier alpha value is -2.36. The molecule has 0 radical (unpaired) electrons. The van der Waals surface area contributed by atoms with Gasteiger partial charge in [-0.1, -0.05) is 79.7 Å². The fourth-order valence-corrected chi connectivity index (χ4v) is 4.80. The molecule has 1 N–H and O–H groups in total. The predicted molar refractivity (Wildman–Crippen MR) is 132 cm³/mol. The lowest BCUT2D eigenvalue weighted by Gasteiger charge is -2.23. The fraction of sp³-hybridized carbons (Fsp3) is 0.370. The molecule has 3 unspecified atom stereocenters. The second-order valence-corrected chi connectivity index (χ2v) is 8.52. The molecule has 1 aliphatic rings. The second-order valence-electron chi connectivity index (χ2n) is 8.52. The monoisotopic (exact) mass is 436 g/mol. The van der Waals surface area contributed by atoms with Crippen LogP contribution < -0.4 is 5.32 Å². The van der Waals surface area contributed by atoms with Crippen molar-refractivity contribution >= 4 is 29.1 Å². The molecule has 31 heavy (non-hydrogen) atoms. The molecule has 3 aromatic rings. The van der Waals surface area contributed by atoms with Gasteiger partial charge in [-0.05, 0) is 41.2 Å². The Bertz CT molecular complexity index is 985. The van der Waals surface area contributed by atoms with E-state index >= 15 is 0 Å². The van der Waals surface area contributed by atoms with Crippen LogP contribution in [0, 0.1) is 5.92 Å². The van der Waals surface area contributed by atoms with Gasteiger partial charge in [0.2, 0.25) is 5.91 Å². The number of fused-ring (bicyclic) bond motifs is 1. The summed E-state index contributed by atoms with van der Waals surface area (Å²) in [5.41, 5.74) is 2.68. The highest BCUT2D eigenvalue weighted by molar-refractivity contribution is 5.86. The average Bonchev–Trinajstić information content (AvgIpc) is 3.22. The molecule has 0 aliphatic carbocycles. The molecule has 3 atom stereocenters. The second kappa shape index (κ2) is 10.8. The largest absolute Gasteiger partial charge is 0.342 e. The van der Waals surface area contributed by atoms with E-state index < -0.39 is 0 Å². The molecule has 0 spiro atoms. The topological polar surface area (TPSA) is 32.3 Å². The maximum absolute atomic E-state index is 12.6. The molecular formula is C27H33ClN2O. The lowest BCUT2D eigenvalue weighted by atomic mass is 9.88. The third-order valence-corrected chi connectivity index (χ3v) is 6.46. The smallest absolute Gasteiger partial charge is 0.222 e. The van der Waals surface area contributed by atoms with Gasteiger partial charge < -0.3 is 10.2 Å². The Kier molecular flexibility index (Phi) is 8.11. The molecule has 1 aliphatic heterocycles. The van der Waals surface area contributed by atoms with Gasteiger partial charge >= 0.3 is 0 Å². The number of carbonyl (C=O) groups is 1. The average molecular weight is 437 g/mol. The van der Waals surface area contributed by atoms with Gasteiger partial charge in [0, 0.05) is 38.0 Å². The summed E-state index contributed by atoms with van der Waals surface area (Å²) in [5, 5.41) is 6.38. The van der Waals surface area contributed by atoms with Gasteiger partial charge in [0.1, 0.15) is 0 Å². The van der Waals surface area contributed by atoms with Gasteiger partial charge in [-0.3, -0.25) is 4.79 Å². The van der Waals surface area contributed by atoms with E-state index in [9.17, 15) is 4.79 Å². The van der Waals surface area contributed by atoms with Crippen molar-refractivity contribution in [2.75, 3.05) is 19.6 Å². The number of halogens is 1. The van der Waals surface area contributed by atoms with Gasteiger partial charge in [-0.2, -0.15) is 0 Å². The molecule has 4 rings (SSSR count). The molecule has 0 saturated carbocycles. The third kappa shape index (κ3) is 5.28. The number of nitrogens with one attached hydrogen (secondary N) is 1. The van der Waals surface area contributed by atoms with E-state index in [1.807, 2.05) is 0 Å². The van der Waals surface area contributed by atoms with Gasteiger partial charge in [-0.25, -0.2) is 0 Å². The standard InChI is InChI=1S/C27H32N2O.ClH/c1-3-10-27(30)29-18-23(26(19-29)22-11-5-4-6-12-22)17-28-20(2)24-16-9-14-21-13-7-8-15-25(21)24;/h4-9,11-16,20,23,26,28H,3,10,17-19H2,1-2H3;1H. The summed E-state index contributed by atoms with van der Waals surface area (Å²) in [4.78, 5) is 14.7. The molecule has 3 aromatic carbocycles. The molecule has 1 amide bonds. The van der Waals surface area contributed by atoms with Crippen molar-refractivity contribution in [1.82, 2.24) is 10.2 Å². The lowest BCUT2D eigenvalue weighted by Crippen LogP contribution is -2.31. The Morgan fingerprint density at radius 3 is 2.48 bits per heavy atom. The summed E-state index contributed by atoms with van der Waals surface area (Å²) in [6.45, 7) is 6.90. The van der Waals surface area contributed by atoms with Crippen LogP contribution in [0.2, 0.25) is 0 Å². The van der Waals surface area contributed by atoms with Gasteiger partial charge in [0.25, 0.3) is 0 Å². The van der Waals surface area contributed by atoms with Crippen LogP contribution in [0.5, 0.6) is 0 Å². The van der Waals surface area contributed by atoms with Crippen LogP contribution in [0.25, 0.3) is 10.8 Å². The van der Waals surface area contributed by atoms with Gasteiger partial charge in [0.15, 0.2) is 0 Å². The summed E-state index contributed by atoms with van der Waals surface area (Å²) < 4.78 is 0. The summed E-state index contributed by atoms with van der Waals surface area (Å²) in [6.07, 6.45) is 1.56. The van der Waals surface area contributed by atoms with Crippen molar-refractivity contribution in [1.29, 1.82) is 0 Å². The molecule has 1 saturated heterocycles. The molecule has 0 bridgehead atoms. The summed E-state index contributed by atoms with van der Waals surface area (Å²) in [6, 6.07) is 26.1. The Morgan fingerprint density at radius 2 is 1.71 bits per heavy atom. The van der Waals surface area contributed by atoms with Crippen LogP contribution in [0.3, 0.4) is 0 Å². The Balaban J connectivity index is 0.00000272. The van der Waals surface area contributed by atoms with Crippen LogP contribution in [-0.4, -0.2) is 30.4 Å². The first-order valence-electron chi connectivity index (χ1n) is 11.2. The molecule has 4 heteroatoms. The van der Waals surface area contributed by atoms with Crippen LogP contribution in [0.4, 0.5) is 0 Å². The van der Waals surface area contributed by atoms with Crippen LogP contribution >= 0.6 is 12.4 Å². The van der Waals surface area contributed by atoms with E-state index in [4.69, 9.17) is 0 Å². The lowest BCUT2D eigenvalue weighted by molar-refractivity contribution is -0.130. The van der Waals surface area contributed by atoms with Crippen molar-refractivity contribution in [3.05, 3.63) is 83.9 Å². The maximum Gasteiger partial charge on any atom is 0.222 e. The Labute approximate surface area is 192 Å². The zero-order valence-corrected chi connectivity index (χ0v) is 19.3. The van der Waals surface area contributed by atoms with Gasteiger partial charge in [-0.15, -0.1) is 12.4 Å². The van der Waals surface area contributed by atoms with Crippen LogP contribution in [-0.2, 0) is 4.79 Å². The Morgan fingerprint density at radius 1 is 1.00 bits per heavy atom. The molecule has 164 valence electrons. The number of rotatable bonds is 7. The highest BCUT2D eigenvalue weighted by Crippen LogP contribution is 2.33. The quantitative estimate of drug-likeness (QED) is 0.496. The summed E-state index contributed by atoms with van der Waals surface area (Å²) >= 11 is 0. The first-order chi connectivity index (χ1) is 14.7. The van der Waals surface area contributed by atoms with Crippen molar-refractivity contribution in [3.8, 4) is 0 Å². The first kappa shape index (κ1) is 23.3. The van der Waals surface area contributed by atoms with E-state index in [-0.39, 0.29) is 18.4 Å². The minimum atomic E-state index is 0. The normalized spacial score (nSPS) is 19.2. The van der Waals surface area contributed by atoms with E-state index in [0.717, 1.165) is 26.1 Å². The number of hydrogen-bond acceptors (Lipinski definition) is 2. The number of hydrogen-bond donors (Lipinski definition) is 1. The van der Waals surface area contributed by atoms with E-state index in [1.165, 1.54) is 21.9 Å². The molecule has 1 fully saturated rings. The van der Waals surface area contributed by atoms with Crippen LogP contribution in [0.15, 0.2) is 72.8 Å². The molecule has 3 nitrogen and oxygen atoms in total. The maximum atomic E-state index is 12.6. The zero-order valence-electron chi connectivity index (χ0n) is 18.5. The minimum Gasteiger partial charge on any atom is -0.342 e. The fourth-order valence-electron chi connectivity index (χ4n) is 4.80. The number of benzene rings is 3. The predicted octanol–water partition coefficient (Wildman–Crippen LogP) is 5.95. The first-order valence-corrected chi connectivity index (χ1v) is 11.2. The molecular weight excluding hydrogens is 404 g/mol. The number of amides is 1. The van der Waals surface area contributed by atoms with Crippen LogP contribution in [0.1, 0.15) is 49.8 Å². The van der Waals surface area contributed by atoms with Crippen molar-refractivity contribution in [2.24, 2.45) is 5.92 Å². The highest BCUT2D eigenvalue weighted by Gasteiger charge is 2.35. The third-order valence-electron chi connectivity index (χ3n) is 6.46. The van der Waals surface area contributed by atoms with E-state index in [2.05, 4.69) is 96.9 Å². The number of carbonyl (C=O) groups excluding carboxylic acids is 1. The van der Waals surface area contributed by atoms with Crippen molar-refractivity contribution < 1.29 is 4.79 Å². The number of nitrogens with zero attached hydrogens (tertiary/aromatic N) is 1. The molecule has 0 aromatic heterocycles. The number of likely N-dealkylation sites (tertiary alicyclic amines) is 1. The minimum absolute atomic E-state index is 0. The van der Waals surface area contributed by atoms with E-state index in [1.54, 1.807) is 0 Å².